The maximum atomic E-state index is 5.88. The molecule has 0 aliphatic carbocycles. The number of aromatic nitrogens is 2. The fraction of sp³-hybridized carbons (Fsp3) is 0.200. The summed E-state index contributed by atoms with van der Waals surface area (Å²) in [5.74, 6) is 2.35. The van der Waals surface area contributed by atoms with Gasteiger partial charge in [-0.1, -0.05) is 11.6 Å². The van der Waals surface area contributed by atoms with Gasteiger partial charge in [0.2, 0.25) is 0 Å². The topological polar surface area (TPSA) is 51.0 Å². The largest absolute Gasteiger partial charge is 0.465 e. The molecule has 2 aromatic rings. The van der Waals surface area contributed by atoms with E-state index in [9.17, 15) is 0 Å². The van der Waals surface area contributed by atoms with Crippen LogP contribution in [0.5, 0.6) is 0 Å². The zero-order chi connectivity index (χ0) is 10.7. The third-order valence-electron chi connectivity index (χ3n) is 1.89. The van der Waals surface area contributed by atoms with Crippen LogP contribution in [-0.2, 0) is 6.54 Å². The molecule has 1 N–H and O–H groups in total. The lowest BCUT2D eigenvalue weighted by Gasteiger charge is -2.03. The van der Waals surface area contributed by atoms with Gasteiger partial charge >= 0.3 is 0 Å². The number of nitrogens with zero attached hydrogens (tertiary/aromatic N) is 2. The lowest BCUT2D eigenvalue weighted by atomic mass is 10.4. The SMILES string of the molecule is Cc1ccc(CNc2ncncc2Cl)o1. The molecule has 0 amide bonds. The molecule has 0 saturated heterocycles. The van der Waals surface area contributed by atoms with Gasteiger partial charge in [-0.05, 0) is 19.1 Å². The molecule has 4 nitrogen and oxygen atoms in total. The summed E-state index contributed by atoms with van der Waals surface area (Å²) in [6.07, 6.45) is 2.99. The van der Waals surface area contributed by atoms with Gasteiger partial charge in [0.1, 0.15) is 28.7 Å². The number of hydrogen-bond donors (Lipinski definition) is 1. The van der Waals surface area contributed by atoms with Crippen molar-refractivity contribution in [2.45, 2.75) is 13.5 Å². The first-order valence-corrected chi connectivity index (χ1v) is 4.88. The Labute approximate surface area is 92.3 Å². The van der Waals surface area contributed by atoms with Crippen LogP contribution in [0.1, 0.15) is 11.5 Å². The zero-order valence-electron chi connectivity index (χ0n) is 8.20. The van der Waals surface area contributed by atoms with Crippen LogP contribution in [0.2, 0.25) is 5.02 Å². The van der Waals surface area contributed by atoms with Crippen molar-refractivity contribution in [2.75, 3.05) is 5.32 Å². The van der Waals surface area contributed by atoms with Gasteiger partial charge in [-0.2, -0.15) is 0 Å². The molecule has 5 heteroatoms. The second kappa shape index (κ2) is 4.31. The molecule has 15 heavy (non-hydrogen) atoms. The van der Waals surface area contributed by atoms with Gasteiger partial charge < -0.3 is 9.73 Å². The number of rotatable bonds is 3. The van der Waals surface area contributed by atoms with E-state index >= 15 is 0 Å². The summed E-state index contributed by atoms with van der Waals surface area (Å²) < 4.78 is 5.40. The first-order valence-electron chi connectivity index (χ1n) is 4.50. The summed E-state index contributed by atoms with van der Waals surface area (Å²) in [7, 11) is 0. The quantitative estimate of drug-likeness (QED) is 0.869. The number of anilines is 1. The second-order valence-electron chi connectivity index (χ2n) is 3.09. The second-order valence-corrected chi connectivity index (χ2v) is 3.49. The van der Waals surface area contributed by atoms with E-state index in [1.807, 2.05) is 19.1 Å². The van der Waals surface area contributed by atoms with Crippen molar-refractivity contribution in [1.82, 2.24) is 9.97 Å². The van der Waals surface area contributed by atoms with E-state index in [0.29, 0.717) is 17.4 Å². The fourth-order valence-corrected chi connectivity index (χ4v) is 1.37. The van der Waals surface area contributed by atoms with Gasteiger partial charge in [0.05, 0.1) is 12.7 Å². The van der Waals surface area contributed by atoms with Crippen molar-refractivity contribution in [3.63, 3.8) is 0 Å². The summed E-state index contributed by atoms with van der Waals surface area (Å²) in [5.41, 5.74) is 0. The van der Waals surface area contributed by atoms with Crippen LogP contribution in [-0.4, -0.2) is 9.97 Å². The molecule has 78 valence electrons. The van der Waals surface area contributed by atoms with Crippen LogP contribution in [0.4, 0.5) is 5.82 Å². The fourth-order valence-electron chi connectivity index (χ4n) is 1.19. The normalized spacial score (nSPS) is 10.3. The molecule has 0 bridgehead atoms. The number of halogens is 1. The van der Waals surface area contributed by atoms with Crippen molar-refractivity contribution in [3.05, 3.63) is 41.2 Å². The highest BCUT2D eigenvalue weighted by Gasteiger charge is 2.02. The summed E-state index contributed by atoms with van der Waals surface area (Å²) in [4.78, 5) is 7.80. The Morgan fingerprint density at radius 3 is 3.00 bits per heavy atom. The number of nitrogens with one attached hydrogen (secondary N) is 1. The smallest absolute Gasteiger partial charge is 0.148 e. The molecule has 2 aromatic heterocycles. The van der Waals surface area contributed by atoms with Crippen molar-refractivity contribution >= 4 is 17.4 Å². The molecule has 2 heterocycles. The Bertz CT molecular complexity index is 455. The van der Waals surface area contributed by atoms with Crippen molar-refractivity contribution in [1.29, 1.82) is 0 Å². The molecule has 2 rings (SSSR count). The molecule has 0 spiro atoms. The highest BCUT2D eigenvalue weighted by molar-refractivity contribution is 6.32. The molecule has 0 unspecified atom stereocenters. The molecular weight excluding hydrogens is 214 g/mol. The lowest BCUT2D eigenvalue weighted by Crippen LogP contribution is -2.01. The van der Waals surface area contributed by atoms with Gasteiger partial charge in [0, 0.05) is 0 Å². The van der Waals surface area contributed by atoms with Gasteiger partial charge in [-0.25, -0.2) is 9.97 Å². The Morgan fingerprint density at radius 2 is 2.33 bits per heavy atom. The van der Waals surface area contributed by atoms with Gasteiger partial charge in [0.15, 0.2) is 0 Å². The van der Waals surface area contributed by atoms with E-state index in [0.717, 1.165) is 11.5 Å². The van der Waals surface area contributed by atoms with Gasteiger partial charge in [0.25, 0.3) is 0 Å². The Morgan fingerprint density at radius 1 is 1.47 bits per heavy atom. The predicted octanol–water partition coefficient (Wildman–Crippen LogP) is 2.64. The van der Waals surface area contributed by atoms with Crippen LogP contribution in [0.15, 0.2) is 29.1 Å². The first-order chi connectivity index (χ1) is 7.25. The molecule has 0 aliphatic rings. The van der Waals surface area contributed by atoms with Gasteiger partial charge in [-0.3, -0.25) is 0 Å². The Kier molecular flexibility index (Phi) is 2.87. The van der Waals surface area contributed by atoms with E-state index in [2.05, 4.69) is 15.3 Å². The maximum absolute atomic E-state index is 5.88. The van der Waals surface area contributed by atoms with Crippen LogP contribution in [0, 0.1) is 6.92 Å². The molecule has 0 aliphatic heterocycles. The number of hydrogen-bond acceptors (Lipinski definition) is 4. The molecule has 0 aromatic carbocycles. The van der Waals surface area contributed by atoms with E-state index in [1.54, 1.807) is 6.20 Å². The highest BCUT2D eigenvalue weighted by atomic mass is 35.5. The lowest BCUT2D eigenvalue weighted by molar-refractivity contribution is 0.490. The summed E-state index contributed by atoms with van der Waals surface area (Å²) in [6.45, 7) is 2.46. The standard InChI is InChI=1S/C10H10ClN3O/c1-7-2-3-8(15-7)4-13-10-9(11)5-12-6-14-10/h2-3,5-6H,4H2,1H3,(H,12,13,14). The van der Waals surface area contributed by atoms with E-state index in [4.69, 9.17) is 16.0 Å². The monoisotopic (exact) mass is 223 g/mol. The van der Waals surface area contributed by atoms with E-state index in [1.165, 1.54) is 6.33 Å². The predicted molar refractivity (Wildman–Crippen MR) is 57.8 cm³/mol. The highest BCUT2D eigenvalue weighted by Crippen LogP contribution is 2.17. The summed E-state index contributed by atoms with van der Waals surface area (Å²) in [6, 6.07) is 3.83. The molecular formula is C10H10ClN3O. The minimum Gasteiger partial charge on any atom is -0.465 e. The van der Waals surface area contributed by atoms with E-state index in [-0.39, 0.29) is 0 Å². The zero-order valence-corrected chi connectivity index (χ0v) is 8.95. The molecule has 0 saturated carbocycles. The minimum absolute atomic E-state index is 0.501. The Hall–Kier alpha value is -1.55. The van der Waals surface area contributed by atoms with Crippen LogP contribution < -0.4 is 5.32 Å². The van der Waals surface area contributed by atoms with Crippen LogP contribution in [0.25, 0.3) is 0 Å². The third kappa shape index (κ3) is 2.47. The number of furan rings is 1. The molecule has 0 atom stereocenters. The maximum Gasteiger partial charge on any atom is 0.148 e. The average molecular weight is 224 g/mol. The van der Waals surface area contributed by atoms with Crippen molar-refractivity contribution in [3.8, 4) is 0 Å². The van der Waals surface area contributed by atoms with E-state index < -0.39 is 0 Å². The third-order valence-corrected chi connectivity index (χ3v) is 2.17. The van der Waals surface area contributed by atoms with Gasteiger partial charge in [-0.15, -0.1) is 0 Å². The molecule has 0 radical (unpaired) electrons. The number of aryl methyl sites for hydroxylation is 1. The van der Waals surface area contributed by atoms with Crippen molar-refractivity contribution in [2.24, 2.45) is 0 Å². The Balaban J connectivity index is 2.02. The summed E-state index contributed by atoms with van der Waals surface area (Å²) >= 11 is 5.88. The van der Waals surface area contributed by atoms with Crippen molar-refractivity contribution < 1.29 is 4.42 Å². The summed E-state index contributed by atoms with van der Waals surface area (Å²) in [5, 5.41) is 3.57. The average Bonchev–Trinajstić information content (AvgIpc) is 2.63. The molecule has 0 fully saturated rings. The van der Waals surface area contributed by atoms with Crippen LogP contribution >= 0.6 is 11.6 Å². The minimum atomic E-state index is 0.501. The first kappa shape index (κ1) is 9.98. The van der Waals surface area contributed by atoms with Crippen LogP contribution in [0.3, 0.4) is 0 Å².